The summed E-state index contributed by atoms with van der Waals surface area (Å²) in [6.45, 7) is 0. The van der Waals surface area contributed by atoms with Gasteiger partial charge in [0.1, 0.15) is 0 Å². The summed E-state index contributed by atoms with van der Waals surface area (Å²) in [5.41, 5.74) is 0. The lowest BCUT2D eigenvalue weighted by Crippen LogP contribution is -2.47. The van der Waals surface area contributed by atoms with Gasteiger partial charge in [-0.05, 0) is 44.3 Å². The number of rotatable bonds is 4. The van der Waals surface area contributed by atoms with Crippen LogP contribution in [0.2, 0.25) is 0 Å². The standard InChI is InChI=1S/C17H29NOS/c1-20-16-11-14-8-9-15(12-16)18(14)17(19)10-7-13-5-3-2-4-6-13/h13-16H,2-12H2,1H3. The second-order valence-electron chi connectivity index (χ2n) is 7.06. The van der Waals surface area contributed by atoms with Gasteiger partial charge in [-0.1, -0.05) is 32.1 Å². The molecule has 0 aromatic heterocycles. The first kappa shape index (κ1) is 14.7. The van der Waals surface area contributed by atoms with Crippen LogP contribution < -0.4 is 0 Å². The van der Waals surface area contributed by atoms with Crippen molar-refractivity contribution in [3.05, 3.63) is 0 Å². The van der Waals surface area contributed by atoms with Crippen LogP contribution in [0.5, 0.6) is 0 Å². The van der Waals surface area contributed by atoms with Gasteiger partial charge in [-0.25, -0.2) is 0 Å². The zero-order valence-electron chi connectivity index (χ0n) is 12.9. The minimum Gasteiger partial charge on any atom is -0.337 e. The topological polar surface area (TPSA) is 20.3 Å². The number of carbonyl (C=O) groups excluding carboxylic acids is 1. The van der Waals surface area contributed by atoms with E-state index in [2.05, 4.69) is 11.2 Å². The first-order valence-corrected chi connectivity index (χ1v) is 9.90. The van der Waals surface area contributed by atoms with Crippen LogP contribution in [0, 0.1) is 5.92 Å². The van der Waals surface area contributed by atoms with E-state index in [9.17, 15) is 4.79 Å². The Hall–Kier alpha value is -0.180. The van der Waals surface area contributed by atoms with Crippen molar-refractivity contribution in [2.24, 2.45) is 5.92 Å². The number of nitrogens with zero attached hydrogens (tertiary/aromatic N) is 1. The number of carbonyl (C=O) groups is 1. The molecular weight excluding hydrogens is 266 g/mol. The van der Waals surface area contributed by atoms with Crippen molar-refractivity contribution in [2.45, 2.75) is 88.0 Å². The second kappa shape index (κ2) is 6.72. The lowest BCUT2D eigenvalue weighted by molar-refractivity contribution is -0.135. The van der Waals surface area contributed by atoms with Crippen molar-refractivity contribution in [2.75, 3.05) is 6.26 Å². The highest BCUT2D eigenvalue weighted by atomic mass is 32.2. The first-order chi connectivity index (χ1) is 9.78. The van der Waals surface area contributed by atoms with Gasteiger partial charge < -0.3 is 4.90 Å². The minimum atomic E-state index is 0.475. The van der Waals surface area contributed by atoms with Gasteiger partial charge >= 0.3 is 0 Å². The first-order valence-electron chi connectivity index (χ1n) is 8.62. The number of thioether (sulfide) groups is 1. The van der Waals surface area contributed by atoms with E-state index in [1.165, 1.54) is 57.8 Å². The molecule has 1 saturated carbocycles. The summed E-state index contributed by atoms with van der Waals surface area (Å²) in [4.78, 5) is 14.9. The maximum atomic E-state index is 12.6. The second-order valence-corrected chi connectivity index (χ2v) is 8.20. The van der Waals surface area contributed by atoms with Crippen molar-refractivity contribution in [3.63, 3.8) is 0 Å². The maximum absolute atomic E-state index is 12.6. The summed E-state index contributed by atoms with van der Waals surface area (Å²) >= 11 is 2.01. The summed E-state index contributed by atoms with van der Waals surface area (Å²) in [5.74, 6) is 1.32. The molecule has 2 nitrogen and oxygen atoms in total. The highest BCUT2D eigenvalue weighted by Gasteiger charge is 2.42. The Kier molecular flexibility index (Phi) is 4.95. The summed E-state index contributed by atoms with van der Waals surface area (Å²) in [5, 5.41) is 0.801. The fourth-order valence-electron chi connectivity index (χ4n) is 4.66. The van der Waals surface area contributed by atoms with Crippen LogP contribution in [-0.2, 0) is 4.79 Å². The van der Waals surface area contributed by atoms with Crippen LogP contribution in [0.15, 0.2) is 0 Å². The molecule has 2 unspecified atom stereocenters. The van der Waals surface area contributed by atoms with Crippen molar-refractivity contribution in [1.29, 1.82) is 0 Å². The zero-order valence-corrected chi connectivity index (χ0v) is 13.7. The molecule has 3 rings (SSSR count). The van der Waals surface area contributed by atoms with E-state index in [0.717, 1.165) is 24.0 Å². The zero-order chi connectivity index (χ0) is 13.9. The third kappa shape index (κ3) is 3.18. The molecule has 0 spiro atoms. The molecule has 2 bridgehead atoms. The molecule has 0 radical (unpaired) electrons. The van der Waals surface area contributed by atoms with E-state index >= 15 is 0 Å². The van der Waals surface area contributed by atoms with Crippen LogP contribution in [0.3, 0.4) is 0 Å². The maximum Gasteiger partial charge on any atom is 0.223 e. The lowest BCUT2D eigenvalue weighted by atomic mass is 9.86. The molecule has 1 amide bonds. The number of hydrogen-bond donors (Lipinski definition) is 0. The molecule has 3 heteroatoms. The highest BCUT2D eigenvalue weighted by Crippen LogP contribution is 2.40. The van der Waals surface area contributed by atoms with Crippen LogP contribution in [0.1, 0.15) is 70.6 Å². The average molecular weight is 295 g/mol. The van der Waals surface area contributed by atoms with Crippen molar-refractivity contribution in [1.82, 2.24) is 4.90 Å². The van der Waals surface area contributed by atoms with E-state index < -0.39 is 0 Å². The summed E-state index contributed by atoms with van der Waals surface area (Å²) in [7, 11) is 0. The van der Waals surface area contributed by atoms with Gasteiger partial charge in [0, 0.05) is 23.8 Å². The van der Waals surface area contributed by atoms with E-state index in [4.69, 9.17) is 0 Å². The molecule has 1 aliphatic carbocycles. The van der Waals surface area contributed by atoms with Gasteiger partial charge in [-0.3, -0.25) is 4.79 Å². The smallest absolute Gasteiger partial charge is 0.223 e. The molecule has 2 heterocycles. The van der Waals surface area contributed by atoms with Gasteiger partial charge in [0.05, 0.1) is 0 Å². The van der Waals surface area contributed by atoms with Crippen LogP contribution in [0.4, 0.5) is 0 Å². The summed E-state index contributed by atoms with van der Waals surface area (Å²) < 4.78 is 0. The third-order valence-corrected chi connectivity index (χ3v) is 6.85. The molecule has 0 aromatic carbocycles. The number of amides is 1. The fraction of sp³-hybridized carbons (Fsp3) is 0.941. The van der Waals surface area contributed by atoms with Crippen molar-refractivity contribution < 1.29 is 4.79 Å². The van der Waals surface area contributed by atoms with Gasteiger partial charge in [-0.2, -0.15) is 11.8 Å². The van der Waals surface area contributed by atoms with Crippen molar-refractivity contribution >= 4 is 17.7 Å². The van der Waals surface area contributed by atoms with Gasteiger partial charge in [0.15, 0.2) is 0 Å². The van der Waals surface area contributed by atoms with E-state index in [1.54, 1.807) is 0 Å². The quantitative estimate of drug-likeness (QED) is 0.773. The fourth-order valence-corrected chi connectivity index (χ4v) is 5.49. The Morgan fingerprint density at radius 2 is 1.70 bits per heavy atom. The lowest BCUT2D eigenvalue weighted by Gasteiger charge is -2.39. The Bertz CT molecular complexity index is 326. The Balaban J connectivity index is 1.50. The summed E-state index contributed by atoms with van der Waals surface area (Å²) in [6.07, 6.45) is 16.1. The Morgan fingerprint density at radius 3 is 2.30 bits per heavy atom. The Labute approximate surface area is 128 Å². The molecule has 2 aliphatic heterocycles. The number of fused-ring (bicyclic) bond motifs is 2. The molecular formula is C17H29NOS. The van der Waals surface area contributed by atoms with E-state index in [1.807, 2.05) is 11.8 Å². The van der Waals surface area contributed by atoms with Gasteiger partial charge in [-0.15, -0.1) is 0 Å². The van der Waals surface area contributed by atoms with Gasteiger partial charge in [0.2, 0.25) is 5.91 Å². The molecule has 2 atom stereocenters. The molecule has 114 valence electrons. The molecule has 3 aliphatic rings. The van der Waals surface area contributed by atoms with Gasteiger partial charge in [0.25, 0.3) is 0 Å². The largest absolute Gasteiger partial charge is 0.337 e. The predicted molar refractivity (Wildman–Crippen MR) is 86.0 cm³/mol. The third-order valence-electron chi connectivity index (χ3n) is 5.80. The van der Waals surface area contributed by atoms with E-state index in [-0.39, 0.29) is 0 Å². The number of piperidine rings is 1. The summed E-state index contributed by atoms with van der Waals surface area (Å²) in [6, 6.07) is 1.15. The number of hydrogen-bond acceptors (Lipinski definition) is 2. The minimum absolute atomic E-state index is 0.475. The molecule has 20 heavy (non-hydrogen) atoms. The molecule has 3 fully saturated rings. The van der Waals surface area contributed by atoms with Crippen molar-refractivity contribution in [3.8, 4) is 0 Å². The highest BCUT2D eigenvalue weighted by molar-refractivity contribution is 7.99. The average Bonchev–Trinajstić information content (AvgIpc) is 2.76. The Morgan fingerprint density at radius 1 is 1.05 bits per heavy atom. The van der Waals surface area contributed by atoms with E-state index in [0.29, 0.717) is 18.0 Å². The van der Waals surface area contributed by atoms with Crippen LogP contribution in [-0.4, -0.2) is 34.4 Å². The monoisotopic (exact) mass is 295 g/mol. The predicted octanol–water partition coefficient (Wildman–Crippen LogP) is 4.23. The SMILES string of the molecule is CSC1CC2CCC(C1)N2C(=O)CCC1CCCCC1. The normalized spacial score (nSPS) is 34.5. The molecule has 2 saturated heterocycles. The molecule has 0 aromatic rings. The van der Waals surface area contributed by atoms with Crippen LogP contribution >= 0.6 is 11.8 Å². The molecule has 0 N–H and O–H groups in total. The van der Waals surface area contributed by atoms with Crippen LogP contribution in [0.25, 0.3) is 0 Å².